The fourth-order valence-corrected chi connectivity index (χ4v) is 3.17. The molecule has 3 rings (SSSR count). The zero-order valence-electron chi connectivity index (χ0n) is 14.1. The number of carbonyl (C=O) groups excluding carboxylic acids is 2. The Kier molecular flexibility index (Phi) is 5.43. The number of carbonyl (C=O) groups is 2. The normalized spacial score (nSPS) is 10.4. The number of hydrogen-bond donors (Lipinski definition) is 2. The van der Waals surface area contributed by atoms with Crippen molar-refractivity contribution in [3.8, 4) is 0 Å². The summed E-state index contributed by atoms with van der Waals surface area (Å²) < 4.78 is 12.9. The van der Waals surface area contributed by atoms with Crippen molar-refractivity contribution in [1.29, 1.82) is 0 Å². The first-order valence-electron chi connectivity index (χ1n) is 8.02. The summed E-state index contributed by atoms with van der Waals surface area (Å²) in [5.74, 6) is -0.829. The highest BCUT2D eigenvalue weighted by atomic mass is 32.1. The van der Waals surface area contributed by atoms with E-state index in [0.29, 0.717) is 22.7 Å². The minimum atomic E-state index is -0.389. The van der Waals surface area contributed by atoms with Gasteiger partial charge in [-0.05, 0) is 61.0 Å². The van der Waals surface area contributed by atoms with Crippen LogP contribution < -0.4 is 10.6 Å². The molecule has 0 fully saturated rings. The Balaban J connectivity index is 1.61. The van der Waals surface area contributed by atoms with Gasteiger partial charge >= 0.3 is 0 Å². The van der Waals surface area contributed by atoms with E-state index in [0.717, 1.165) is 10.4 Å². The second-order valence-electron chi connectivity index (χ2n) is 5.75. The van der Waals surface area contributed by atoms with Gasteiger partial charge in [0.15, 0.2) is 0 Å². The minimum Gasteiger partial charge on any atom is -0.347 e. The van der Waals surface area contributed by atoms with Crippen LogP contribution in [0.3, 0.4) is 0 Å². The molecular formula is C20H17FN2O2S. The van der Waals surface area contributed by atoms with E-state index >= 15 is 0 Å². The molecule has 0 aliphatic rings. The van der Waals surface area contributed by atoms with E-state index in [1.807, 2.05) is 19.1 Å². The van der Waals surface area contributed by atoms with Crippen molar-refractivity contribution in [2.45, 2.75) is 13.5 Å². The number of amides is 2. The van der Waals surface area contributed by atoms with Crippen LogP contribution in [0.1, 0.15) is 30.5 Å². The standard InChI is InChI=1S/C20H17FN2O2S/c1-13-5-10-18(26-13)20(25)22-12-14-3-2-4-17(11-14)23-19(24)15-6-8-16(21)9-7-15/h2-11H,12H2,1H3,(H,22,25)(H,23,24). The summed E-state index contributed by atoms with van der Waals surface area (Å²) in [5.41, 5.74) is 1.85. The molecule has 3 aromatic rings. The van der Waals surface area contributed by atoms with Gasteiger partial charge in [-0.3, -0.25) is 9.59 Å². The maximum atomic E-state index is 12.9. The summed E-state index contributed by atoms with van der Waals surface area (Å²) in [7, 11) is 0. The number of halogens is 1. The summed E-state index contributed by atoms with van der Waals surface area (Å²) in [5, 5.41) is 5.63. The van der Waals surface area contributed by atoms with Crippen molar-refractivity contribution in [1.82, 2.24) is 5.32 Å². The molecule has 0 unspecified atom stereocenters. The number of nitrogens with one attached hydrogen (secondary N) is 2. The lowest BCUT2D eigenvalue weighted by Gasteiger charge is -2.08. The Hall–Kier alpha value is -2.99. The van der Waals surface area contributed by atoms with E-state index < -0.39 is 0 Å². The molecule has 132 valence electrons. The summed E-state index contributed by atoms with van der Waals surface area (Å²) in [4.78, 5) is 26.0. The molecule has 6 heteroatoms. The van der Waals surface area contributed by atoms with Gasteiger partial charge in [0.2, 0.25) is 0 Å². The molecule has 2 amide bonds. The molecule has 1 heterocycles. The molecule has 0 aliphatic heterocycles. The number of benzene rings is 2. The van der Waals surface area contributed by atoms with Gasteiger partial charge in [0.05, 0.1) is 4.88 Å². The Bertz CT molecular complexity index is 935. The van der Waals surface area contributed by atoms with E-state index in [1.54, 1.807) is 24.3 Å². The molecule has 0 bridgehead atoms. The number of rotatable bonds is 5. The predicted molar refractivity (Wildman–Crippen MR) is 101 cm³/mol. The smallest absolute Gasteiger partial charge is 0.261 e. The largest absolute Gasteiger partial charge is 0.347 e. The van der Waals surface area contributed by atoms with Crippen LogP contribution in [0.25, 0.3) is 0 Å². The zero-order chi connectivity index (χ0) is 18.5. The van der Waals surface area contributed by atoms with Crippen LogP contribution in [0, 0.1) is 12.7 Å². The lowest BCUT2D eigenvalue weighted by atomic mass is 10.1. The number of aryl methyl sites for hydroxylation is 1. The lowest BCUT2D eigenvalue weighted by molar-refractivity contribution is 0.0954. The van der Waals surface area contributed by atoms with Crippen molar-refractivity contribution in [3.05, 3.63) is 87.4 Å². The SMILES string of the molecule is Cc1ccc(C(=O)NCc2cccc(NC(=O)c3ccc(F)cc3)c2)s1. The quantitative estimate of drug-likeness (QED) is 0.702. The van der Waals surface area contributed by atoms with Crippen LogP contribution in [0.15, 0.2) is 60.7 Å². The molecule has 2 aromatic carbocycles. The van der Waals surface area contributed by atoms with E-state index in [-0.39, 0.29) is 17.6 Å². The van der Waals surface area contributed by atoms with Gasteiger partial charge in [-0.1, -0.05) is 12.1 Å². The van der Waals surface area contributed by atoms with Crippen LogP contribution in [0.5, 0.6) is 0 Å². The molecule has 0 spiro atoms. The first kappa shape index (κ1) is 17.8. The van der Waals surface area contributed by atoms with Gasteiger partial charge in [-0.2, -0.15) is 0 Å². The first-order valence-corrected chi connectivity index (χ1v) is 8.83. The Morgan fingerprint density at radius 3 is 2.46 bits per heavy atom. The van der Waals surface area contributed by atoms with E-state index in [1.165, 1.54) is 35.6 Å². The van der Waals surface area contributed by atoms with Crippen LogP contribution in [0.2, 0.25) is 0 Å². The van der Waals surface area contributed by atoms with E-state index in [2.05, 4.69) is 10.6 Å². The van der Waals surface area contributed by atoms with Crippen molar-refractivity contribution in [2.75, 3.05) is 5.32 Å². The van der Waals surface area contributed by atoms with Gasteiger partial charge in [-0.25, -0.2) is 4.39 Å². The molecular weight excluding hydrogens is 351 g/mol. The lowest BCUT2D eigenvalue weighted by Crippen LogP contribution is -2.21. The number of hydrogen-bond acceptors (Lipinski definition) is 3. The van der Waals surface area contributed by atoms with Crippen LogP contribution in [-0.4, -0.2) is 11.8 Å². The fraction of sp³-hybridized carbons (Fsp3) is 0.100. The third-order valence-electron chi connectivity index (χ3n) is 3.71. The topological polar surface area (TPSA) is 58.2 Å². The summed E-state index contributed by atoms with van der Waals surface area (Å²) in [6.07, 6.45) is 0. The van der Waals surface area contributed by atoms with E-state index in [9.17, 15) is 14.0 Å². The van der Waals surface area contributed by atoms with Crippen molar-refractivity contribution >= 4 is 28.8 Å². The van der Waals surface area contributed by atoms with Crippen molar-refractivity contribution in [3.63, 3.8) is 0 Å². The monoisotopic (exact) mass is 368 g/mol. The Labute approximate surface area is 154 Å². The second-order valence-corrected chi connectivity index (χ2v) is 7.04. The van der Waals surface area contributed by atoms with Gasteiger partial charge in [0, 0.05) is 22.7 Å². The van der Waals surface area contributed by atoms with Crippen molar-refractivity contribution in [2.24, 2.45) is 0 Å². The molecule has 0 radical (unpaired) electrons. The highest BCUT2D eigenvalue weighted by Gasteiger charge is 2.09. The molecule has 1 aromatic heterocycles. The summed E-state index contributed by atoms with van der Waals surface area (Å²) in [6, 6.07) is 16.3. The highest BCUT2D eigenvalue weighted by Crippen LogP contribution is 2.16. The Morgan fingerprint density at radius 2 is 1.77 bits per heavy atom. The Morgan fingerprint density at radius 1 is 1.00 bits per heavy atom. The number of anilines is 1. The van der Waals surface area contributed by atoms with Gasteiger partial charge in [0.25, 0.3) is 11.8 Å². The molecule has 26 heavy (non-hydrogen) atoms. The summed E-state index contributed by atoms with van der Waals surface area (Å²) >= 11 is 1.45. The van der Waals surface area contributed by atoms with Crippen molar-refractivity contribution < 1.29 is 14.0 Å². The zero-order valence-corrected chi connectivity index (χ0v) is 14.9. The average molecular weight is 368 g/mol. The molecule has 2 N–H and O–H groups in total. The van der Waals surface area contributed by atoms with Crippen LogP contribution in [0.4, 0.5) is 10.1 Å². The summed E-state index contributed by atoms with van der Waals surface area (Å²) in [6.45, 7) is 2.31. The molecule has 0 saturated carbocycles. The third kappa shape index (κ3) is 4.55. The predicted octanol–water partition coefficient (Wildman–Crippen LogP) is 4.38. The second kappa shape index (κ2) is 7.93. The minimum absolute atomic E-state index is 0.121. The molecule has 0 atom stereocenters. The first-order chi connectivity index (χ1) is 12.5. The van der Waals surface area contributed by atoms with E-state index in [4.69, 9.17) is 0 Å². The maximum absolute atomic E-state index is 12.9. The third-order valence-corrected chi connectivity index (χ3v) is 4.71. The van der Waals surface area contributed by atoms with Gasteiger partial charge in [0.1, 0.15) is 5.82 Å². The molecule has 0 aliphatic carbocycles. The average Bonchev–Trinajstić information content (AvgIpc) is 3.07. The van der Waals surface area contributed by atoms with Gasteiger partial charge in [-0.15, -0.1) is 11.3 Å². The van der Waals surface area contributed by atoms with Crippen LogP contribution >= 0.6 is 11.3 Å². The van der Waals surface area contributed by atoms with Crippen LogP contribution in [-0.2, 0) is 6.54 Å². The molecule has 4 nitrogen and oxygen atoms in total. The van der Waals surface area contributed by atoms with Gasteiger partial charge < -0.3 is 10.6 Å². The highest BCUT2D eigenvalue weighted by molar-refractivity contribution is 7.13. The number of thiophene rings is 1. The fourth-order valence-electron chi connectivity index (χ4n) is 2.39. The maximum Gasteiger partial charge on any atom is 0.261 e. The molecule has 0 saturated heterocycles.